The molecular formula is C23H28ClN3O2. The lowest BCUT2D eigenvalue weighted by Crippen LogP contribution is -2.37. The molecule has 6 heteroatoms. The summed E-state index contributed by atoms with van der Waals surface area (Å²) >= 11 is 0. The first-order valence-electron chi connectivity index (χ1n) is 10.1. The van der Waals surface area contributed by atoms with Crippen LogP contribution in [0.2, 0.25) is 0 Å². The van der Waals surface area contributed by atoms with Crippen LogP contribution in [0.3, 0.4) is 0 Å². The van der Waals surface area contributed by atoms with E-state index in [0.29, 0.717) is 6.54 Å². The van der Waals surface area contributed by atoms with Gasteiger partial charge in [0, 0.05) is 24.3 Å². The van der Waals surface area contributed by atoms with Crippen molar-refractivity contribution < 1.29 is 9.59 Å². The number of rotatable bonds is 4. The summed E-state index contributed by atoms with van der Waals surface area (Å²) in [6.45, 7) is 2.53. The molecule has 0 bridgehead atoms. The van der Waals surface area contributed by atoms with Gasteiger partial charge in [-0.2, -0.15) is 0 Å². The fourth-order valence-electron chi connectivity index (χ4n) is 4.46. The topological polar surface area (TPSA) is 75.4 Å². The van der Waals surface area contributed by atoms with Gasteiger partial charge in [-0.1, -0.05) is 31.2 Å². The normalized spacial score (nSPS) is 20.7. The molecule has 2 atom stereocenters. The summed E-state index contributed by atoms with van der Waals surface area (Å²) in [6.07, 6.45) is 4.08. The fraction of sp³-hybridized carbons (Fsp3) is 0.391. The molecule has 4 rings (SSSR count). The largest absolute Gasteiger partial charge is 0.399 e. The minimum atomic E-state index is -0.309. The van der Waals surface area contributed by atoms with Gasteiger partial charge in [-0.15, -0.1) is 12.4 Å². The molecule has 1 fully saturated rings. The zero-order valence-corrected chi connectivity index (χ0v) is 17.5. The second-order valence-corrected chi connectivity index (χ2v) is 7.80. The molecular weight excluding hydrogens is 386 g/mol. The van der Waals surface area contributed by atoms with Gasteiger partial charge in [0.25, 0.3) is 0 Å². The van der Waals surface area contributed by atoms with E-state index in [4.69, 9.17) is 5.73 Å². The number of nitrogens with two attached hydrogens (primary N) is 1. The molecule has 2 aromatic carbocycles. The van der Waals surface area contributed by atoms with Gasteiger partial charge in [0.05, 0.1) is 12.0 Å². The molecule has 1 heterocycles. The van der Waals surface area contributed by atoms with E-state index in [1.165, 1.54) is 5.56 Å². The summed E-state index contributed by atoms with van der Waals surface area (Å²) in [5, 5.41) is 3.20. The summed E-state index contributed by atoms with van der Waals surface area (Å²) in [6, 6.07) is 13.9. The van der Waals surface area contributed by atoms with E-state index in [0.717, 1.165) is 48.2 Å². The zero-order chi connectivity index (χ0) is 19.7. The number of carbonyl (C=O) groups excluding carboxylic acids is 2. The number of nitrogens with zero attached hydrogens (tertiary/aromatic N) is 1. The van der Waals surface area contributed by atoms with Crippen molar-refractivity contribution in [3.63, 3.8) is 0 Å². The van der Waals surface area contributed by atoms with E-state index >= 15 is 0 Å². The van der Waals surface area contributed by atoms with Crippen LogP contribution in [0.5, 0.6) is 0 Å². The predicted molar refractivity (Wildman–Crippen MR) is 118 cm³/mol. The number of fused-ring (bicyclic) bond motifs is 1. The Hall–Kier alpha value is -2.53. The highest BCUT2D eigenvalue weighted by molar-refractivity contribution is 6.00. The number of anilines is 2. The van der Waals surface area contributed by atoms with Crippen LogP contribution in [-0.4, -0.2) is 18.4 Å². The first kappa shape index (κ1) is 21.2. The number of amides is 2. The van der Waals surface area contributed by atoms with Crippen LogP contribution in [0, 0.1) is 5.92 Å². The van der Waals surface area contributed by atoms with E-state index in [-0.39, 0.29) is 42.6 Å². The molecule has 0 aromatic heterocycles. The van der Waals surface area contributed by atoms with E-state index in [9.17, 15) is 9.59 Å². The minimum absolute atomic E-state index is 0. The van der Waals surface area contributed by atoms with Gasteiger partial charge in [-0.25, -0.2) is 0 Å². The molecule has 0 saturated carbocycles. The average Bonchev–Trinajstić information content (AvgIpc) is 3.09. The SMILES string of the molecule is CCc1ccccc1N1CC(C(=O)NC2CCCc3cc(N)ccc32)CC1=O.Cl. The second kappa shape index (κ2) is 8.87. The zero-order valence-electron chi connectivity index (χ0n) is 16.7. The molecule has 2 unspecified atom stereocenters. The number of benzene rings is 2. The standard InChI is InChI=1S/C23H27N3O2.ClH/c1-2-15-6-3-4-9-21(15)26-14-17(13-22(26)27)23(28)25-20-8-5-7-16-12-18(24)10-11-19(16)20;/h3-4,6,9-12,17,20H,2,5,7-8,13-14,24H2,1H3,(H,25,28);1H. The van der Waals surface area contributed by atoms with Gasteiger partial charge in [-0.3, -0.25) is 9.59 Å². The number of hydrogen-bond acceptors (Lipinski definition) is 3. The van der Waals surface area contributed by atoms with Crippen molar-refractivity contribution in [1.29, 1.82) is 0 Å². The number of nitrogen functional groups attached to an aromatic ring is 1. The van der Waals surface area contributed by atoms with Crippen molar-refractivity contribution in [3.8, 4) is 0 Å². The molecule has 0 spiro atoms. The Balaban J connectivity index is 0.00000240. The molecule has 1 saturated heterocycles. The average molecular weight is 414 g/mol. The lowest BCUT2D eigenvalue weighted by molar-refractivity contribution is -0.127. The Morgan fingerprint density at radius 2 is 2.03 bits per heavy atom. The first-order chi connectivity index (χ1) is 13.6. The van der Waals surface area contributed by atoms with Crippen LogP contribution in [0.1, 0.15) is 48.9 Å². The maximum absolute atomic E-state index is 13.0. The molecule has 29 heavy (non-hydrogen) atoms. The predicted octanol–water partition coefficient (Wildman–Crippen LogP) is 3.80. The number of carbonyl (C=O) groups is 2. The number of nitrogens with one attached hydrogen (secondary N) is 1. The molecule has 2 aliphatic rings. The van der Waals surface area contributed by atoms with Crippen LogP contribution >= 0.6 is 12.4 Å². The highest BCUT2D eigenvalue weighted by Gasteiger charge is 2.37. The Morgan fingerprint density at radius 3 is 2.83 bits per heavy atom. The van der Waals surface area contributed by atoms with E-state index in [1.807, 2.05) is 42.5 Å². The van der Waals surface area contributed by atoms with Gasteiger partial charge < -0.3 is 16.0 Å². The molecule has 3 N–H and O–H groups in total. The fourth-order valence-corrected chi connectivity index (χ4v) is 4.46. The molecule has 1 aliphatic carbocycles. The Kier molecular flexibility index (Phi) is 6.48. The summed E-state index contributed by atoms with van der Waals surface area (Å²) in [5.74, 6) is -0.311. The van der Waals surface area contributed by atoms with Gasteiger partial charge in [0.15, 0.2) is 0 Å². The summed E-state index contributed by atoms with van der Waals surface area (Å²) in [5.41, 5.74) is 11.1. The Morgan fingerprint density at radius 1 is 1.24 bits per heavy atom. The number of para-hydroxylation sites is 1. The third-order valence-corrected chi connectivity index (χ3v) is 5.96. The maximum Gasteiger partial charge on any atom is 0.227 e. The molecule has 5 nitrogen and oxygen atoms in total. The maximum atomic E-state index is 13.0. The monoisotopic (exact) mass is 413 g/mol. The van der Waals surface area contributed by atoms with Gasteiger partial charge in [0.1, 0.15) is 0 Å². The molecule has 0 radical (unpaired) electrons. The quantitative estimate of drug-likeness (QED) is 0.748. The van der Waals surface area contributed by atoms with E-state index in [1.54, 1.807) is 4.90 Å². The first-order valence-corrected chi connectivity index (χ1v) is 10.1. The van der Waals surface area contributed by atoms with Crippen molar-refractivity contribution >= 4 is 35.6 Å². The molecule has 2 amide bonds. The molecule has 2 aromatic rings. The van der Waals surface area contributed by atoms with Crippen molar-refractivity contribution in [1.82, 2.24) is 5.32 Å². The number of aryl methyl sites for hydroxylation is 2. The molecule has 1 aliphatic heterocycles. The second-order valence-electron chi connectivity index (χ2n) is 7.80. The van der Waals surface area contributed by atoms with Crippen LogP contribution in [0.25, 0.3) is 0 Å². The highest BCUT2D eigenvalue weighted by Crippen LogP contribution is 2.33. The van der Waals surface area contributed by atoms with Gasteiger partial charge in [-0.05, 0) is 60.6 Å². The third kappa shape index (κ3) is 4.25. The van der Waals surface area contributed by atoms with Crippen LogP contribution in [-0.2, 0) is 22.4 Å². The number of halogens is 1. The van der Waals surface area contributed by atoms with Crippen molar-refractivity contribution in [3.05, 3.63) is 59.2 Å². The smallest absolute Gasteiger partial charge is 0.227 e. The lowest BCUT2D eigenvalue weighted by Gasteiger charge is -2.27. The van der Waals surface area contributed by atoms with Crippen molar-refractivity contribution in [2.24, 2.45) is 5.92 Å². The van der Waals surface area contributed by atoms with Crippen LogP contribution in [0.4, 0.5) is 11.4 Å². The van der Waals surface area contributed by atoms with Crippen molar-refractivity contribution in [2.45, 2.75) is 45.1 Å². The summed E-state index contributed by atoms with van der Waals surface area (Å²) in [7, 11) is 0. The van der Waals surface area contributed by atoms with Crippen LogP contribution in [0.15, 0.2) is 42.5 Å². The lowest BCUT2D eigenvalue weighted by atomic mass is 9.87. The Labute approximate surface area is 178 Å². The van der Waals surface area contributed by atoms with Crippen molar-refractivity contribution in [2.75, 3.05) is 17.2 Å². The van der Waals surface area contributed by atoms with Gasteiger partial charge in [0.2, 0.25) is 11.8 Å². The third-order valence-electron chi connectivity index (χ3n) is 5.96. The van der Waals surface area contributed by atoms with Crippen LogP contribution < -0.4 is 16.0 Å². The number of hydrogen-bond donors (Lipinski definition) is 2. The Bertz CT molecular complexity index is 915. The highest BCUT2D eigenvalue weighted by atomic mass is 35.5. The van der Waals surface area contributed by atoms with Gasteiger partial charge >= 0.3 is 0 Å². The minimum Gasteiger partial charge on any atom is -0.399 e. The summed E-state index contributed by atoms with van der Waals surface area (Å²) < 4.78 is 0. The van der Waals surface area contributed by atoms with E-state index in [2.05, 4.69) is 12.2 Å². The molecule has 154 valence electrons. The summed E-state index contributed by atoms with van der Waals surface area (Å²) in [4.78, 5) is 27.3. The van der Waals surface area contributed by atoms with E-state index < -0.39 is 0 Å².